The summed E-state index contributed by atoms with van der Waals surface area (Å²) < 4.78 is 29.6. The number of hydrogen-bond acceptors (Lipinski definition) is 4. The molecule has 2 heterocycles. The standard InChI is InChI=1S/C22H35N3O3S.HI/c1-3-23-21(24-18-22(29(2,26)27)11-15-28-16-12-22)25-13-9-20(10-14-25)17-19-7-5-4-6-8-19;/h4-8,20H,3,9-18H2,1-2H3,(H,23,24);1H. The van der Waals surface area contributed by atoms with Gasteiger partial charge in [-0.2, -0.15) is 0 Å². The Balaban J connectivity index is 0.00000320. The third-order valence-corrected chi connectivity index (χ3v) is 8.43. The molecule has 1 N–H and O–H groups in total. The first-order valence-corrected chi connectivity index (χ1v) is 12.7. The predicted molar refractivity (Wildman–Crippen MR) is 133 cm³/mol. The molecule has 0 bridgehead atoms. The van der Waals surface area contributed by atoms with Gasteiger partial charge < -0.3 is 15.0 Å². The van der Waals surface area contributed by atoms with Crippen LogP contribution in [0.4, 0.5) is 0 Å². The van der Waals surface area contributed by atoms with Crippen molar-refractivity contribution in [2.75, 3.05) is 45.6 Å². The second-order valence-corrected chi connectivity index (χ2v) is 10.8. The van der Waals surface area contributed by atoms with E-state index in [4.69, 9.17) is 9.73 Å². The number of nitrogens with zero attached hydrogens (tertiary/aromatic N) is 2. The summed E-state index contributed by atoms with van der Waals surface area (Å²) in [5.74, 6) is 1.54. The second-order valence-electron chi connectivity index (χ2n) is 8.36. The van der Waals surface area contributed by atoms with E-state index < -0.39 is 14.6 Å². The lowest BCUT2D eigenvalue weighted by atomic mass is 9.90. The van der Waals surface area contributed by atoms with E-state index in [-0.39, 0.29) is 24.0 Å². The molecule has 2 aliphatic heterocycles. The van der Waals surface area contributed by atoms with E-state index in [1.807, 2.05) is 0 Å². The maximum atomic E-state index is 12.5. The monoisotopic (exact) mass is 549 g/mol. The van der Waals surface area contributed by atoms with Gasteiger partial charge in [-0.1, -0.05) is 30.3 Å². The average molecular weight is 550 g/mol. The molecule has 0 unspecified atom stereocenters. The highest BCUT2D eigenvalue weighted by Gasteiger charge is 2.42. The zero-order valence-electron chi connectivity index (χ0n) is 18.2. The van der Waals surface area contributed by atoms with Crippen LogP contribution >= 0.6 is 24.0 Å². The van der Waals surface area contributed by atoms with Crippen LogP contribution < -0.4 is 5.32 Å². The third kappa shape index (κ3) is 6.56. The fourth-order valence-corrected chi connectivity index (χ4v) is 5.54. The predicted octanol–water partition coefficient (Wildman–Crippen LogP) is 3.12. The molecular weight excluding hydrogens is 513 g/mol. The minimum absolute atomic E-state index is 0. The topological polar surface area (TPSA) is 71.0 Å². The number of hydrogen-bond donors (Lipinski definition) is 1. The first-order valence-electron chi connectivity index (χ1n) is 10.8. The Morgan fingerprint density at radius 1 is 1.20 bits per heavy atom. The maximum absolute atomic E-state index is 12.5. The second kappa shape index (κ2) is 11.7. The Morgan fingerprint density at radius 3 is 2.40 bits per heavy atom. The van der Waals surface area contributed by atoms with Gasteiger partial charge >= 0.3 is 0 Å². The summed E-state index contributed by atoms with van der Waals surface area (Å²) in [7, 11) is -3.21. The van der Waals surface area contributed by atoms with E-state index in [1.165, 1.54) is 11.8 Å². The number of rotatable bonds is 6. The van der Waals surface area contributed by atoms with Crippen molar-refractivity contribution in [2.45, 2.75) is 43.8 Å². The van der Waals surface area contributed by atoms with E-state index in [9.17, 15) is 8.42 Å². The molecule has 2 aliphatic rings. The lowest BCUT2D eigenvalue weighted by molar-refractivity contribution is 0.0767. The van der Waals surface area contributed by atoms with Crippen molar-refractivity contribution in [1.29, 1.82) is 0 Å². The maximum Gasteiger partial charge on any atom is 0.193 e. The molecular formula is C22H36IN3O3S. The smallest absolute Gasteiger partial charge is 0.193 e. The van der Waals surface area contributed by atoms with E-state index in [1.54, 1.807) is 0 Å². The minimum Gasteiger partial charge on any atom is -0.381 e. The molecule has 6 nitrogen and oxygen atoms in total. The number of likely N-dealkylation sites (tertiary alicyclic amines) is 1. The highest BCUT2D eigenvalue weighted by molar-refractivity contribution is 14.0. The number of guanidine groups is 1. The molecule has 1 aromatic carbocycles. The number of nitrogens with one attached hydrogen (secondary N) is 1. The van der Waals surface area contributed by atoms with E-state index >= 15 is 0 Å². The van der Waals surface area contributed by atoms with Crippen LogP contribution in [0.1, 0.15) is 38.2 Å². The molecule has 0 aliphatic carbocycles. The van der Waals surface area contributed by atoms with Crippen molar-refractivity contribution in [3.05, 3.63) is 35.9 Å². The fraction of sp³-hybridized carbons (Fsp3) is 0.682. The van der Waals surface area contributed by atoms with Crippen LogP contribution in [0, 0.1) is 5.92 Å². The molecule has 2 saturated heterocycles. The van der Waals surface area contributed by atoms with Gasteiger partial charge in [-0.25, -0.2) is 8.42 Å². The first-order chi connectivity index (χ1) is 13.9. The SMILES string of the molecule is CCNC(=NCC1(S(C)(=O)=O)CCOCC1)N1CCC(Cc2ccccc2)CC1.I. The van der Waals surface area contributed by atoms with Gasteiger partial charge in [-0.15, -0.1) is 24.0 Å². The molecule has 170 valence electrons. The van der Waals surface area contributed by atoms with Gasteiger partial charge in [0, 0.05) is 39.1 Å². The largest absolute Gasteiger partial charge is 0.381 e. The molecule has 30 heavy (non-hydrogen) atoms. The van der Waals surface area contributed by atoms with Crippen molar-refractivity contribution in [1.82, 2.24) is 10.2 Å². The quantitative estimate of drug-likeness (QED) is 0.336. The number of benzene rings is 1. The molecule has 0 aromatic heterocycles. The normalized spacial score (nSPS) is 20.5. The van der Waals surface area contributed by atoms with Crippen LogP contribution in [0.2, 0.25) is 0 Å². The summed E-state index contributed by atoms with van der Waals surface area (Å²) in [6.07, 6.45) is 5.77. The highest BCUT2D eigenvalue weighted by atomic mass is 127. The molecule has 2 fully saturated rings. The summed E-state index contributed by atoms with van der Waals surface area (Å²) in [5.41, 5.74) is 1.40. The number of aliphatic imine (C=N–C) groups is 1. The number of halogens is 1. The Kier molecular flexibility index (Phi) is 9.87. The number of ether oxygens (including phenoxy) is 1. The van der Waals surface area contributed by atoms with E-state index in [0.717, 1.165) is 44.9 Å². The molecule has 8 heteroatoms. The lowest BCUT2D eigenvalue weighted by Crippen LogP contribution is -2.49. The molecule has 0 saturated carbocycles. The fourth-order valence-electron chi connectivity index (χ4n) is 4.33. The Bertz CT molecular complexity index is 772. The zero-order valence-corrected chi connectivity index (χ0v) is 21.3. The van der Waals surface area contributed by atoms with Crippen LogP contribution in [0.25, 0.3) is 0 Å². The third-order valence-electron chi connectivity index (χ3n) is 6.32. The summed E-state index contributed by atoms with van der Waals surface area (Å²) in [5, 5.41) is 3.37. The van der Waals surface area contributed by atoms with Gasteiger partial charge in [-0.3, -0.25) is 4.99 Å². The van der Waals surface area contributed by atoms with Gasteiger partial charge in [0.05, 0.1) is 11.3 Å². The minimum atomic E-state index is -3.21. The van der Waals surface area contributed by atoms with Crippen LogP contribution in [0.5, 0.6) is 0 Å². The highest BCUT2D eigenvalue weighted by Crippen LogP contribution is 2.30. The van der Waals surface area contributed by atoms with Crippen LogP contribution in [-0.4, -0.2) is 69.7 Å². The Labute approximate surface area is 198 Å². The van der Waals surface area contributed by atoms with Gasteiger partial charge in [-0.05, 0) is 50.5 Å². The van der Waals surface area contributed by atoms with Gasteiger partial charge in [0.25, 0.3) is 0 Å². The summed E-state index contributed by atoms with van der Waals surface area (Å²) >= 11 is 0. The van der Waals surface area contributed by atoms with Crippen LogP contribution in [0.15, 0.2) is 35.3 Å². The summed E-state index contributed by atoms with van der Waals surface area (Å²) in [6.45, 7) is 6.03. The van der Waals surface area contributed by atoms with Crippen molar-refractivity contribution in [3.63, 3.8) is 0 Å². The van der Waals surface area contributed by atoms with Crippen molar-refractivity contribution >= 4 is 39.8 Å². The van der Waals surface area contributed by atoms with Gasteiger partial charge in [0.1, 0.15) is 0 Å². The zero-order chi connectivity index (χ0) is 20.7. The summed E-state index contributed by atoms with van der Waals surface area (Å²) in [6, 6.07) is 10.7. The molecule has 0 spiro atoms. The van der Waals surface area contributed by atoms with Gasteiger partial charge in [0.15, 0.2) is 15.8 Å². The molecule has 1 aromatic rings. The molecule has 0 radical (unpaired) electrons. The van der Waals surface area contributed by atoms with Gasteiger partial charge in [0.2, 0.25) is 0 Å². The summed E-state index contributed by atoms with van der Waals surface area (Å²) in [4.78, 5) is 7.10. The number of piperidine rings is 1. The van der Waals surface area contributed by atoms with Crippen molar-refractivity contribution in [3.8, 4) is 0 Å². The van der Waals surface area contributed by atoms with Crippen LogP contribution in [-0.2, 0) is 21.0 Å². The Morgan fingerprint density at radius 2 is 1.83 bits per heavy atom. The average Bonchev–Trinajstić information content (AvgIpc) is 2.72. The Hall–Kier alpha value is -0.870. The van der Waals surface area contributed by atoms with Crippen molar-refractivity contribution in [2.24, 2.45) is 10.9 Å². The van der Waals surface area contributed by atoms with E-state index in [0.29, 0.717) is 38.5 Å². The molecule has 0 amide bonds. The van der Waals surface area contributed by atoms with Crippen LogP contribution in [0.3, 0.4) is 0 Å². The van der Waals surface area contributed by atoms with E-state index in [2.05, 4.69) is 47.5 Å². The number of sulfone groups is 1. The van der Waals surface area contributed by atoms with Crippen molar-refractivity contribution < 1.29 is 13.2 Å². The molecule has 0 atom stereocenters. The molecule has 3 rings (SSSR count). The lowest BCUT2D eigenvalue weighted by Gasteiger charge is -2.36. The first kappa shape index (κ1) is 25.4.